The highest BCUT2D eigenvalue weighted by molar-refractivity contribution is 7.58. The van der Waals surface area contributed by atoms with Crippen LogP contribution in [0, 0.1) is 0 Å². The van der Waals surface area contributed by atoms with Gasteiger partial charge in [0.1, 0.15) is 5.75 Å². The van der Waals surface area contributed by atoms with Crippen molar-refractivity contribution in [3.63, 3.8) is 0 Å². The lowest BCUT2D eigenvalue weighted by Gasteiger charge is -1.91. The van der Waals surface area contributed by atoms with Crippen LogP contribution in [0.5, 0.6) is 0 Å². The van der Waals surface area contributed by atoms with E-state index < -0.39 is 0 Å². The van der Waals surface area contributed by atoms with Crippen molar-refractivity contribution >= 4 is 12.6 Å². The minimum Gasteiger partial charge on any atom is -1.00 e. The van der Waals surface area contributed by atoms with Crippen molar-refractivity contribution < 1.29 is 22.1 Å². The van der Waals surface area contributed by atoms with E-state index in [-0.39, 0.29) is 17.0 Å². The number of rotatable bonds is 5. The van der Waals surface area contributed by atoms with Crippen molar-refractivity contribution in [3.8, 4) is 0 Å². The number of aliphatic hydroxyl groups excluding tert-OH is 1. The van der Waals surface area contributed by atoms with E-state index >= 15 is 0 Å². The van der Waals surface area contributed by atoms with Crippen LogP contribution in [0.2, 0.25) is 0 Å². The smallest absolute Gasteiger partial charge is 0.103 e. The third-order valence-corrected chi connectivity index (χ3v) is 1.44. The van der Waals surface area contributed by atoms with Crippen LogP contribution in [0.1, 0.15) is 25.7 Å². The van der Waals surface area contributed by atoms with Crippen molar-refractivity contribution in [2.45, 2.75) is 25.7 Å². The van der Waals surface area contributed by atoms with Crippen molar-refractivity contribution in [1.82, 2.24) is 0 Å². The number of halogens is 1. The third kappa shape index (κ3) is 12.1. The zero-order valence-electron chi connectivity index (χ0n) is 5.57. The molecule has 0 spiro atoms. The summed E-state index contributed by atoms with van der Waals surface area (Å²) in [5.41, 5.74) is 0. The molecule has 1 nitrogen and oxygen atoms in total. The van der Waals surface area contributed by atoms with Gasteiger partial charge in [-0.15, -0.1) is 0 Å². The van der Waals surface area contributed by atoms with Crippen LogP contribution in [0.4, 0.5) is 0 Å². The summed E-state index contributed by atoms with van der Waals surface area (Å²) < 4.78 is 0. The molecule has 0 unspecified atom stereocenters. The Hall–Kier alpha value is 0.790. The Morgan fingerprint density at radius 3 is 2.00 bits per heavy atom. The minimum atomic E-state index is 0. The van der Waals surface area contributed by atoms with Gasteiger partial charge < -0.3 is 22.1 Å². The second-order valence-corrected chi connectivity index (χ2v) is 2.39. The molecule has 0 fully saturated rings. The first-order valence-electron chi connectivity index (χ1n) is 3.17. The number of hydrogen-bond acceptors (Lipinski definition) is 1. The van der Waals surface area contributed by atoms with E-state index in [0.717, 1.165) is 12.2 Å². The molecule has 0 saturated carbocycles. The second-order valence-electron chi connectivity index (χ2n) is 1.89. The largest absolute Gasteiger partial charge is 1.00 e. The summed E-state index contributed by atoms with van der Waals surface area (Å²) in [7, 11) is 0. The van der Waals surface area contributed by atoms with Gasteiger partial charge in [0, 0.05) is 6.61 Å². The van der Waals surface area contributed by atoms with Crippen LogP contribution in [-0.2, 0) is 12.6 Å². The van der Waals surface area contributed by atoms with Gasteiger partial charge in [0.15, 0.2) is 0 Å². The normalized spacial score (nSPS) is 8.67. The highest BCUT2D eigenvalue weighted by Gasteiger charge is 1.86. The average molecular weight is 215 g/mol. The van der Waals surface area contributed by atoms with Crippen molar-refractivity contribution in [2.24, 2.45) is 0 Å². The molecule has 9 heavy (non-hydrogen) atoms. The van der Waals surface area contributed by atoms with Gasteiger partial charge in [-0.2, -0.15) is 0 Å². The van der Waals surface area contributed by atoms with Gasteiger partial charge in [0.05, 0.1) is 0 Å². The van der Waals surface area contributed by atoms with Crippen molar-refractivity contribution in [2.75, 3.05) is 12.4 Å². The highest BCUT2D eigenvalue weighted by atomic mass is 79.9. The molecule has 0 atom stereocenters. The van der Waals surface area contributed by atoms with Crippen LogP contribution < -0.4 is 17.0 Å². The average Bonchev–Trinajstić information content (AvgIpc) is 1.81. The summed E-state index contributed by atoms with van der Waals surface area (Å²) >= 11 is 3.38. The Balaban J connectivity index is 0. The van der Waals surface area contributed by atoms with Gasteiger partial charge in [-0.25, -0.2) is 0 Å². The quantitative estimate of drug-likeness (QED) is 0.399. The molecule has 0 aromatic rings. The summed E-state index contributed by atoms with van der Waals surface area (Å²) in [5, 5.41) is 8.35. The fourth-order valence-corrected chi connectivity index (χ4v) is 0.840. The molecule has 0 rings (SSSR count). The lowest BCUT2D eigenvalue weighted by atomic mass is 10.2. The first-order chi connectivity index (χ1) is 3.91. The Morgan fingerprint density at radius 1 is 1.00 bits per heavy atom. The zero-order valence-corrected chi connectivity index (χ0v) is 8.15. The lowest BCUT2D eigenvalue weighted by molar-refractivity contribution is -0.00000280. The fourth-order valence-electron chi connectivity index (χ4n) is 0.590. The van der Waals surface area contributed by atoms with Gasteiger partial charge in [-0.3, -0.25) is 0 Å². The maximum Gasteiger partial charge on any atom is 0.103 e. The summed E-state index contributed by atoms with van der Waals surface area (Å²) in [6.45, 7) is 0.349. The number of hydrogen-bond donors (Lipinski definition) is 1. The monoisotopic (exact) mass is 214 g/mol. The summed E-state index contributed by atoms with van der Waals surface area (Å²) in [5.74, 6) is 1.09. The van der Waals surface area contributed by atoms with E-state index in [0.29, 0.717) is 6.61 Å². The van der Waals surface area contributed by atoms with Crippen molar-refractivity contribution in [3.05, 3.63) is 0 Å². The molecule has 0 aliphatic rings. The maximum absolute atomic E-state index is 8.35. The maximum atomic E-state index is 8.35. The molecular weight excluding hydrogens is 200 g/mol. The molecule has 0 heterocycles. The van der Waals surface area contributed by atoms with Gasteiger partial charge in [0.25, 0.3) is 0 Å². The number of aliphatic hydroxyl groups is 1. The van der Waals surface area contributed by atoms with E-state index in [1.165, 1.54) is 19.3 Å². The van der Waals surface area contributed by atoms with Gasteiger partial charge in [0.2, 0.25) is 0 Å². The molecule has 0 aliphatic heterocycles. The molecule has 0 bridgehead atoms. The minimum absolute atomic E-state index is 0. The topological polar surface area (TPSA) is 20.2 Å². The highest BCUT2D eigenvalue weighted by Crippen LogP contribution is 1.96. The van der Waals surface area contributed by atoms with Crippen molar-refractivity contribution in [1.29, 1.82) is 0 Å². The molecule has 3 heteroatoms. The van der Waals surface area contributed by atoms with Gasteiger partial charge in [-0.1, -0.05) is 6.42 Å². The van der Waals surface area contributed by atoms with E-state index in [9.17, 15) is 0 Å². The van der Waals surface area contributed by atoms with Crippen LogP contribution in [0.25, 0.3) is 0 Å². The van der Waals surface area contributed by atoms with E-state index in [1.54, 1.807) is 0 Å². The molecule has 0 aliphatic carbocycles. The number of unbranched alkanes of at least 4 members (excludes halogenated alkanes) is 3. The first-order valence-corrected chi connectivity index (χ1v) is 3.88. The third-order valence-electron chi connectivity index (χ3n) is 1.08. The Bertz CT molecular complexity index is 38.0. The lowest BCUT2D eigenvalue weighted by Crippen LogP contribution is -3.00. The molecule has 0 saturated heterocycles. The zero-order chi connectivity index (χ0) is 6.24. The molecule has 58 valence electrons. The first kappa shape index (κ1) is 12.5. The van der Waals surface area contributed by atoms with Gasteiger partial charge in [-0.05, 0) is 31.9 Å². The van der Waals surface area contributed by atoms with Crippen LogP contribution in [-0.4, -0.2) is 17.5 Å². The Morgan fingerprint density at radius 2 is 1.56 bits per heavy atom. The predicted molar refractivity (Wildman–Crippen MR) is 40.6 cm³/mol. The van der Waals surface area contributed by atoms with Crippen LogP contribution >= 0.6 is 0 Å². The SMILES string of the molecule is OCCCCCC[SH2+].[Br-]. The molecule has 0 radical (unpaired) electrons. The fraction of sp³-hybridized carbons (Fsp3) is 1.00. The molecule has 0 amide bonds. The summed E-state index contributed by atoms with van der Waals surface area (Å²) in [4.78, 5) is 0. The summed E-state index contributed by atoms with van der Waals surface area (Å²) in [6.07, 6.45) is 4.61. The summed E-state index contributed by atoms with van der Waals surface area (Å²) in [6, 6.07) is 0. The van der Waals surface area contributed by atoms with E-state index in [2.05, 4.69) is 12.6 Å². The van der Waals surface area contributed by atoms with E-state index in [1.807, 2.05) is 0 Å². The van der Waals surface area contributed by atoms with Crippen LogP contribution in [0.3, 0.4) is 0 Å². The second kappa shape index (κ2) is 11.6. The molecule has 0 aromatic heterocycles. The Labute approximate surface area is 73.0 Å². The molecular formula is C6H15BrOS. The predicted octanol–water partition coefficient (Wildman–Crippen LogP) is -2.45. The molecule has 0 aromatic carbocycles. The van der Waals surface area contributed by atoms with Crippen LogP contribution in [0.15, 0.2) is 0 Å². The van der Waals surface area contributed by atoms with E-state index in [4.69, 9.17) is 5.11 Å². The molecule has 1 N–H and O–H groups in total. The Kier molecular flexibility index (Phi) is 16.0. The van der Waals surface area contributed by atoms with Gasteiger partial charge >= 0.3 is 0 Å². The standard InChI is InChI=1S/C6H14OS.BrH/c7-5-3-1-2-4-6-8;/h7-8H,1-6H2;1H.